The molecule has 2 aromatic rings. The van der Waals surface area contributed by atoms with Crippen molar-refractivity contribution in [2.24, 2.45) is 5.92 Å². The van der Waals surface area contributed by atoms with Gasteiger partial charge in [0.05, 0.1) is 20.2 Å². The van der Waals surface area contributed by atoms with E-state index in [4.69, 9.17) is 23.2 Å². The van der Waals surface area contributed by atoms with Crippen molar-refractivity contribution in [3.05, 3.63) is 64.1 Å². The predicted molar refractivity (Wildman–Crippen MR) is 106 cm³/mol. The fraction of sp³-hybridized carbons (Fsp3) is 0.368. The second-order valence-corrected chi connectivity index (χ2v) is 10.8. The molecule has 4 atom stereocenters. The van der Waals surface area contributed by atoms with Gasteiger partial charge in [-0.3, -0.25) is 0 Å². The molecule has 6 heteroatoms. The smallest absolute Gasteiger partial charge is 0.183 e. The number of halogens is 2. The van der Waals surface area contributed by atoms with Crippen LogP contribution in [0, 0.1) is 5.92 Å². The molecule has 0 N–H and O–H groups in total. The molecule has 2 aromatic carbocycles. The van der Waals surface area contributed by atoms with Crippen molar-refractivity contribution in [3.63, 3.8) is 0 Å². The Hall–Kier alpha value is -0.680. The summed E-state index contributed by atoms with van der Waals surface area (Å²) in [4.78, 5) is 0.408. The molecule has 4 rings (SSSR count). The molecule has 0 aromatic heterocycles. The van der Waals surface area contributed by atoms with Crippen LogP contribution in [0.5, 0.6) is 0 Å². The lowest BCUT2D eigenvalue weighted by Gasteiger charge is -2.29. The highest BCUT2D eigenvalue weighted by molar-refractivity contribution is 8.01. The van der Waals surface area contributed by atoms with Gasteiger partial charge in [-0.2, -0.15) is 11.8 Å². The fourth-order valence-corrected chi connectivity index (χ4v) is 8.79. The summed E-state index contributed by atoms with van der Waals surface area (Å²) in [5.41, 5.74) is 0.671. The van der Waals surface area contributed by atoms with Crippen LogP contribution in [-0.2, 0) is 15.3 Å². The summed E-state index contributed by atoms with van der Waals surface area (Å²) >= 11 is 14.0. The van der Waals surface area contributed by atoms with Crippen molar-refractivity contribution in [2.75, 3.05) is 6.26 Å². The van der Waals surface area contributed by atoms with Gasteiger partial charge < -0.3 is 0 Å². The van der Waals surface area contributed by atoms with Crippen molar-refractivity contribution in [3.8, 4) is 0 Å². The van der Waals surface area contributed by atoms with Gasteiger partial charge in [-0.25, -0.2) is 8.42 Å². The fourth-order valence-electron chi connectivity index (χ4n) is 4.48. The quantitative estimate of drug-likeness (QED) is 0.689. The zero-order valence-corrected chi connectivity index (χ0v) is 16.8. The summed E-state index contributed by atoms with van der Waals surface area (Å²) in [6.07, 6.45) is 3.84. The van der Waals surface area contributed by atoms with E-state index in [0.29, 0.717) is 20.9 Å². The molecular weight excluding hydrogens is 395 g/mol. The maximum absolute atomic E-state index is 13.5. The first-order valence-electron chi connectivity index (χ1n) is 8.18. The Morgan fingerprint density at radius 3 is 2.44 bits per heavy atom. The van der Waals surface area contributed by atoms with E-state index in [1.807, 2.05) is 24.5 Å². The van der Waals surface area contributed by atoms with Crippen LogP contribution in [0.4, 0.5) is 0 Å². The van der Waals surface area contributed by atoms with Gasteiger partial charge in [-0.05, 0) is 54.8 Å². The van der Waals surface area contributed by atoms with E-state index in [0.717, 1.165) is 18.4 Å². The molecule has 2 fully saturated rings. The summed E-state index contributed by atoms with van der Waals surface area (Å²) in [5, 5.41) is 0.654. The normalized spacial score (nSPS) is 30.9. The van der Waals surface area contributed by atoms with Crippen molar-refractivity contribution in [1.29, 1.82) is 0 Å². The molecule has 2 nitrogen and oxygen atoms in total. The zero-order valence-electron chi connectivity index (χ0n) is 13.7. The SMILES string of the molecule is CSC1C[C@H]2C[C@@]2(c2ccc(Cl)c(Cl)c2)C1S(=O)(=O)c1ccccc1. The third kappa shape index (κ3) is 2.64. The lowest BCUT2D eigenvalue weighted by molar-refractivity contribution is 0.555. The molecular formula is C19H18Cl2O2S2. The molecule has 2 unspecified atom stereocenters. The van der Waals surface area contributed by atoms with Crippen LogP contribution in [0.3, 0.4) is 0 Å². The van der Waals surface area contributed by atoms with Gasteiger partial charge in [-0.15, -0.1) is 0 Å². The molecule has 0 heterocycles. The van der Waals surface area contributed by atoms with E-state index in [1.54, 1.807) is 42.1 Å². The van der Waals surface area contributed by atoms with E-state index in [1.165, 1.54) is 0 Å². The first kappa shape index (κ1) is 17.7. The van der Waals surface area contributed by atoms with Crippen LogP contribution in [-0.4, -0.2) is 25.2 Å². The summed E-state index contributed by atoms with van der Waals surface area (Å²) in [6, 6.07) is 14.4. The van der Waals surface area contributed by atoms with Gasteiger partial charge in [0.15, 0.2) is 9.84 Å². The monoisotopic (exact) mass is 412 g/mol. The predicted octanol–water partition coefficient (Wildman–Crippen LogP) is 5.23. The first-order chi connectivity index (χ1) is 11.9. The molecule has 2 aliphatic rings. The van der Waals surface area contributed by atoms with E-state index in [9.17, 15) is 8.42 Å². The average Bonchev–Trinajstić information content (AvgIpc) is 3.22. The highest BCUT2D eigenvalue weighted by Crippen LogP contribution is 2.68. The Morgan fingerprint density at radius 2 is 1.80 bits per heavy atom. The van der Waals surface area contributed by atoms with E-state index >= 15 is 0 Å². The Bertz CT molecular complexity index is 914. The number of hydrogen-bond acceptors (Lipinski definition) is 3. The average molecular weight is 413 g/mol. The number of sulfone groups is 1. The summed E-state index contributed by atoms with van der Waals surface area (Å²) < 4.78 is 27.0. The molecule has 132 valence electrons. The minimum Gasteiger partial charge on any atom is -0.223 e. The minimum atomic E-state index is -3.43. The van der Waals surface area contributed by atoms with Gasteiger partial charge in [0.1, 0.15) is 0 Å². The molecule has 0 amide bonds. The maximum atomic E-state index is 13.5. The first-order valence-corrected chi connectivity index (χ1v) is 11.8. The highest BCUT2D eigenvalue weighted by atomic mass is 35.5. The molecule has 0 saturated heterocycles. The summed E-state index contributed by atoms with van der Waals surface area (Å²) in [7, 11) is -3.43. The van der Waals surface area contributed by atoms with Crippen LogP contribution >= 0.6 is 35.0 Å². The zero-order chi connectivity index (χ0) is 17.8. The van der Waals surface area contributed by atoms with Crippen molar-refractivity contribution in [2.45, 2.75) is 33.7 Å². The largest absolute Gasteiger partial charge is 0.223 e. The second kappa shape index (κ2) is 6.19. The van der Waals surface area contributed by atoms with Gasteiger partial charge in [0.25, 0.3) is 0 Å². The lowest BCUT2D eigenvalue weighted by atomic mass is 9.93. The lowest BCUT2D eigenvalue weighted by Crippen LogP contribution is -2.39. The van der Waals surface area contributed by atoms with Crippen LogP contribution in [0.2, 0.25) is 10.0 Å². The van der Waals surface area contributed by atoms with Gasteiger partial charge in [-0.1, -0.05) is 47.5 Å². The molecule has 0 bridgehead atoms. The van der Waals surface area contributed by atoms with Crippen LogP contribution < -0.4 is 0 Å². The Kier molecular flexibility index (Phi) is 4.39. The van der Waals surface area contributed by atoms with E-state index in [2.05, 4.69) is 0 Å². The van der Waals surface area contributed by atoms with Gasteiger partial charge >= 0.3 is 0 Å². The number of rotatable bonds is 4. The van der Waals surface area contributed by atoms with E-state index in [-0.39, 0.29) is 10.7 Å². The van der Waals surface area contributed by atoms with Gasteiger partial charge in [0, 0.05) is 10.7 Å². The summed E-state index contributed by atoms with van der Waals surface area (Å²) in [6.45, 7) is 0. The van der Waals surface area contributed by atoms with Crippen molar-refractivity contribution < 1.29 is 8.42 Å². The minimum absolute atomic E-state index is 0.0957. The topological polar surface area (TPSA) is 34.1 Å². The molecule has 25 heavy (non-hydrogen) atoms. The van der Waals surface area contributed by atoms with Crippen LogP contribution in [0.15, 0.2) is 53.4 Å². The van der Waals surface area contributed by atoms with Crippen LogP contribution in [0.25, 0.3) is 0 Å². The van der Waals surface area contributed by atoms with E-state index < -0.39 is 15.1 Å². The molecule has 2 saturated carbocycles. The molecule has 0 spiro atoms. The van der Waals surface area contributed by atoms with Gasteiger partial charge in [0.2, 0.25) is 0 Å². The molecule has 0 aliphatic heterocycles. The molecule has 2 aliphatic carbocycles. The maximum Gasteiger partial charge on any atom is 0.183 e. The number of benzene rings is 2. The Labute approximate surface area is 162 Å². The number of fused-ring (bicyclic) bond motifs is 1. The summed E-state index contributed by atoms with van der Waals surface area (Å²) in [5.74, 6) is 0.394. The number of hydrogen-bond donors (Lipinski definition) is 0. The Morgan fingerprint density at radius 1 is 1.08 bits per heavy atom. The van der Waals surface area contributed by atoms with Crippen molar-refractivity contribution >= 4 is 44.8 Å². The number of thioether (sulfide) groups is 1. The third-order valence-corrected chi connectivity index (χ3v) is 10.0. The standard InChI is InChI=1S/C19H18Cl2O2S2/c1-24-17-10-13-11-19(13,12-7-8-15(20)16(21)9-12)18(17)25(22,23)14-5-3-2-4-6-14/h2-9,13,17-18H,10-11H2,1H3/t13-,17?,18?,19-/m0/s1. The molecule has 0 radical (unpaired) electrons. The highest BCUT2D eigenvalue weighted by Gasteiger charge is 2.70. The third-order valence-electron chi connectivity index (χ3n) is 5.68. The second-order valence-electron chi connectivity index (χ2n) is 6.86. The van der Waals surface area contributed by atoms with Crippen LogP contribution in [0.1, 0.15) is 18.4 Å². The van der Waals surface area contributed by atoms with Crippen molar-refractivity contribution in [1.82, 2.24) is 0 Å². The Balaban J connectivity index is 1.85.